The molecule has 0 radical (unpaired) electrons. The number of thiophene rings is 1. The highest BCUT2D eigenvalue weighted by Gasteiger charge is 2.27. The third kappa shape index (κ3) is 5.01. The predicted molar refractivity (Wildman–Crippen MR) is 110 cm³/mol. The van der Waals surface area contributed by atoms with Gasteiger partial charge in [0.2, 0.25) is 0 Å². The van der Waals surface area contributed by atoms with Crippen molar-refractivity contribution in [2.45, 2.75) is 52.6 Å². The molecule has 1 fully saturated rings. The fraction of sp³-hybridized carbons (Fsp3) is 0.571. The van der Waals surface area contributed by atoms with E-state index in [-0.39, 0.29) is 17.8 Å². The van der Waals surface area contributed by atoms with Crippen molar-refractivity contribution in [1.29, 1.82) is 0 Å². The van der Waals surface area contributed by atoms with Gasteiger partial charge in [-0.1, -0.05) is 0 Å². The van der Waals surface area contributed by atoms with Gasteiger partial charge in [0.05, 0.1) is 9.75 Å². The Labute approximate surface area is 170 Å². The van der Waals surface area contributed by atoms with E-state index in [1.54, 1.807) is 0 Å². The highest BCUT2D eigenvalue weighted by Crippen LogP contribution is 2.30. The lowest BCUT2D eigenvalue weighted by Gasteiger charge is -2.32. The van der Waals surface area contributed by atoms with Crippen LogP contribution in [0.3, 0.4) is 0 Å². The summed E-state index contributed by atoms with van der Waals surface area (Å²) in [7, 11) is 1.92. The number of carbonyl (C=O) groups is 2. The second-order valence-electron chi connectivity index (χ2n) is 8.48. The van der Waals surface area contributed by atoms with Crippen molar-refractivity contribution in [1.82, 2.24) is 14.7 Å². The average Bonchev–Trinajstić information content (AvgIpc) is 3.21. The highest BCUT2D eigenvalue weighted by atomic mass is 32.1. The summed E-state index contributed by atoms with van der Waals surface area (Å²) in [5.74, 6) is 0.208. The summed E-state index contributed by atoms with van der Waals surface area (Å²) in [6.07, 6.45) is 2.10. The number of aryl methyl sites for hydroxylation is 2. The molecule has 1 amide bonds. The Morgan fingerprint density at radius 1 is 1.25 bits per heavy atom. The standard InChI is InChI=1S/C21H29N3O3S/c1-14-12-16(22-23(14)5)17-6-7-18(28-17)20(26)24-10-8-15(9-11-24)13-19(25)27-21(2,3)4/h6-7,12,15H,8-11,13H2,1-5H3. The van der Waals surface area contributed by atoms with Crippen LogP contribution in [0.2, 0.25) is 0 Å². The molecule has 152 valence electrons. The van der Waals surface area contributed by atoms with Gasteiger partial charge in [-0.3, -0.25) is 14.3 Å². The summed E-state index contributed by atoms with van der Waals surface area (Å²) >= 11 is 1.49. The Kier molecular flexibility index (Phi) is 5.93. The molecule has 3 rings (SSSR count). The zero-order valence-electron chi connectivity index (χ0n) is 17.3. The van der Waals surface area contributed by atoms with Gasteiger partial charge in [0.15, 0.2) is 0 Å². The summed E-state index contributed by atoms with van der Waals surface area (Å²) in [6.45, 7) is 9.03. The van der Waals surface area contributed by atoms with Crippen molar-refractivity contribution >= 4 is 23.2 Å². The maximum Gasteiger partial charge on any atom is 0.306 e. The minimum absolute atomic E-state index is 0.0691. The van der Waals surface area contributed by atoms with Gasteiger partial charge < -0.3 is 9.64 Å². The Morgan fingerprint density at radius 2 is 1.93 bits per heavy atom. The third-order valence-electron chi connectivity index (χ3n) is 4.96. The molecule has 2 aromatic rings. The van der Waals surface area contributed by atoms with Crippen molar-refractivity contribution in [3.05, 3.63) is 28.8 Å². The van der Waals surface area contributed by atoms with Gasteiger partial charge in [-0.15, -0.1) is 11.3 Å². The number of aromatic nitrogens is 2. The minimum atomic E-state index is -0.448. The maximum absolute atomic E-state index is 12.9. The quantitative estimate of drug-likeness (QED) is 0.723. The topological polar surface area (TPSA) is 64.4 Å². The number of esters is 1. The molecule has 2 aromatic heterocycles. The lowest BCUT2D eigenvalue weighted by molar-refractivity contribution is -0.156. The number of carbonyl (C=O) groups excluding carboxylic acids is 2. The number of hydrogen-bond acceptors (Lipinski definition) is 5. The molecule has 28 heavy (non-hydrogen) atoms. The van der Waals surface area contributed by atoms with E-state index < -0.39 is 5.60 Å². The summed E-state index contributed by atoms with van der Waals surface area (Å²) in [5.41, 5.74) is 1.54. The van der Waals surface area contributed by atoms with Crippen LogP contribution in [0.25, 0.3) is 10.6 Å². The van der Waals surface area contributed by atoms with Crippen LogP contribution in [0.4, 0.5) is 0 Å². The predicted octanol–water partition coefficient (Wildman–Crippen LogP) is 4.04. The fourth-order valence-electron chi connectivity index (χ4n) is 3.39. The van der Waals surface area contributed by atoms with Crippen LogP contribution in [-0.4, -0.2) is 45.2 Å². The van der Waals surface area contributed by atoms with E-state index in [1.165, 1.54) is 11.3 Å². The molecule has 0 atom stereocenters. The molecule has 0 unspecified atom stereocenters. The molecule has 1 saturated heterocycles. The van der Waals surface area contributed by atoms with Gasteiger partial charge in [-0.2, -0.15) is 5.10 Å². The summed E-state index contributed by atoms with van der Waals surface area (Å²) in [5, 5.41) is 4.49. The zero-order chi connectivity index (χ0) is 20.5. The first kappa shape index (κ1) is 20.6. The van der Waals surface area contributed by atoms with Crippen LogP contribution >= 0.6 is 11.3 Å². The highest BCUT2D eigenvalue weighted by molar-refractivity contribution is 7.17. The van der Waals surface area contributed by atoms with E-state index in [0.29, 0.717) is 19.5 Å². The Bertz CT molecular complexity index is 835. The molecule has 0 saturated carbocycles. The number of hydrogen-bond donors (Lipinski definition) is 0. The van der Waals surface area contributed by atoms with Gasteiger partial charge in [0.25, 0.3) is 5.91 Å². The van der Waals surface area contributed by atoms with E-state index in [4.69, 9.17) is 4.74 Å². The number of piperidine rings is 1. The third-order valence-corrected chi connectivity index (χ3v) is 6.06. The first-order chi connectivity index (χ1) is 13.1. The van der Waals surface area contributed by atoms with Gasteiger partial charge in [-0.25, -0.2) is 0 Å². The number of rotatable bonds is 4. The van der Waals surface area contributed by atoms with E-state index >= 15 is 0 Å². The second kappa shape index (κ2) is 8.07. The van der Waals surface area contributed by atoms with Gasteiger partial charge in [-0.05, 0) is 64.7 Å². The van der Waals surface area contributed by atoms with Crippen LogP contribution in [-0.2, 0) is 16.6 Å². The van der Waals surface area contributed by atoms with Crippen LogP contribution in [0, 0.1) is 12.8 Å². The summed E-state index contributed by atoms with van der Waals surface area (Å²) in [4.78, 5) is 28.5. The number of nitrogens with zero attached hydrogens (tertiary/aromatic N) is 3. The van der Waals surface area contributed by atoms with Crippen LogP contribution in [0.1, 0.15) is 55.4 Å². The summed E-state index contributed by atoms with van der Waals surface area (Å²) < 4.78 is 7.25. The Morgan fingerprint density at radius 3 is 2.50 bits per heavy atom. The molecule has 0 aromatic carbocycles. The molecule has 1 aliphatic rings. The number of amides is 1. The number of likely N-dealkylation sites (tertiary alicyclic amines) is 1. The maximum atomic E-state index is 12.9. The lowest BCUT2D eigenvalue weighted by Crippen LogP contribution is -2.39. The average molecular weight is 404 g/mol. The van der Waals surface area contributed by atoms with Crippen molar-refractivity contribution < 1.29 is 14.3 Å². The molecule has 7 heteroatoms. The normalized spacial score (nSPS) is 15.7. The van der Waals surface area contributed by atoms with E-state index in [2.05, 4.69) is 5.10 Å². The van der Waals surface area contributed by atoms with Crippen molar-refractivity contribution in [3.8, 4) is 10.6 Å². The van der Waals surface area contributed by atoms with Gasteiger partial charge >= 0.3 is 5.97 Å². The summed E-state index contributed by atoms with van der Waals surface area (Å²) in [6, 6.07) is 5.89. The molecule has 6 nitrogen and oxygen atoms in total. The molecular weight excluding hydrogens is 374 g/mol. The van der Waals surface area contributed by atoms with Gasteiger partial charge in [0, 0.05) is 32.3 Å². The Balaban J connectivity index is 1.55. The second-order valence-corrected chi connectivity index (χ2v) is 9.57. The van der Waals surface area contributed by atoms with Crippen LogP contribution in [0.5, 0.6) is 0 Å². The smallest absolute Gasteiger partial charge is 0.306 e. The van der Waals surface area contributed by atoms with Crippen LogP contribution in [0.15, 0.2) is 18.2 Å². The zero-order valence-corrected chi connectivity index (χ0v) is 18.1. The molecule has 0 N–H and O–H groups in total. The SMILES string of the molecule is Cc1cc(-c2ccc(C(=O)N3CCC(CC(=O)OC(C)(C)C)CC3)s2)nn1C. The van der Waals surface area contributed by atoms with E-state index in [1.807, 2.05) is 62.5 Å². The molecule has 0 spiro atoms. The number of ether oxygens (including phenoxy) is 1. The Hall–Kier alpha value is -2.15. The lowest BCUT2D eigenvalue weighted by atomic mass is 9.93. The van der Waals surface area contributed by atoms with E-state index in [0.717, 1.165) is 34.0 Å². The molecule has 1 aliphatic heterocycles. The molecule has 3 heterocycles. The molecular formula is C21H29N3O3S. The van der Waals surface area contributed by atoms with Gasteiger partial charge in [0.1, 0.15) is 11.3 Å². The van der Waals surface area contributed by atoms with E-state index in [9.17, 15) is 9.59 Å². The van der Waals surface area contributed by atoms with Crippen LogP contribution < -0.4 is 0 Å². The van der Waals surface area contributed by atoms with Crippen molar-refractivity contribution in [2.24, 2.45) is 13.0 Å². The fourth-order valence-corrected chi connectivity index (χ4v) is 4.32. The molecule has 0 bridgehead atoms. The minimum Gasteiger partial charge on any atom is -0.460 e. The first-order valence-corrected chi connectivity index (χ1v) is 10.6. The largest absolute Gasteiger partial charge is 0.460 e. The van der Waals surface area contributed by atoms with Crippen molar-refractivity contribution in [3.63, 3.8) is 0 Å². The molecule has 0 aliphatic carbocycles. The first-order valence-electron chi connectivity index (χ1n) is 9.74. The van der Waals surface area contributed by atoms with Crippen molar-refractivity contribution in [2.75, 3.05) is 13.1 Å². The monoisotopic (exact) mass is 403 g/mol.